The third-order valence-electron chi connectivity index (χ3n) is 4.19. The molecule has 0 unspecified atom stereocenters. The van der Waals surface area contributed by atoms with Gasteiger partial charge in [-0.25, -0.2) is 4.98 Å². The third-order valence-corrected chi connectivity index (χ3v) is 5.42. The zero-order valence-electron chi connectivity index (χ0n) is 12.3. The summed E-state index contributed by atoms with van der Waals surface area (Å²) < 4.78 is 0. The van der Waals surface area contributed by atoms with Gasteiger partial charge in [-0.05, 0) is 37.3 Å². The molecule has 2 nitrogen and oxygen atoms in total. The molecule has 1 saturated heterocycles. The van der Waals surface area contributed by atoms with Crippen LogP contribution in [0.25, 0.3) is 0 Å². The van der Waals surface area contributed by atoms with Crippen LogP contribution in [0.2, 0.25) is 0 Å². The van der Waals surface area contributed by atoms with Crippen LogP contribution >= 0.6 is 22.9 Å². The van der Waals surface area contributed by atoms with Gasteiger partial charge in [0, 0.05) is 18.3 Å². The van der Waals surface area contributed by atoms with Crippen LogP contribution in [0.1, 0.15) is 44.3 Å². The lowest BCUT2D eigenvalue weighted by Crippen LogP contribution is -2.38. The first-order chi connectivity index (χ1) is 8.99. The number of nitrogens with zero attached hydrogens (tertiary/aromatic N) is 2. The van der Waals surface area contributed by atoms with Gasteiger partial charge in [-0.15, -0.1) is 22.9 Å². The molecule has 2 heterocycles. The van der Waals surface area contributed by atoms with Crippen LogP contribution in [0.4, 0.5) is 0 Å². The minimum Gasteiger partial charge on any atom is -0.303 e. The normalized spacial score (nSPS) is 18.9. The predicted octanol–water partition coefficient (Wildman–Crippen LogP) is 4.18. The standard InChI is InChI=1S/C15H25ClN2S/c1-15(2,3)12-4-7-18(8-5-12)9-6-14-17-13(10-16)11-19-14/h11-12H,4-10H2,1-3H3. The molecule has 1 aromatic rings. The van der Waals surface area contributed by atoms with Crippen molar-refractivity contribution in [2.75, 3.05) is 19.6 Å². The second-order valence-corrected chi connectivity index (χ2v) is 7.81. The summed E-state index contributed by atoms with van der Waals surface area (Å²) in [7, 11) is 0. The first-order valence-electron chi connectivity index (χ1n) is 7.20. The Morgan fingerprint density at radius 1 is 1.37 bits per heavy atom. The van der Waals surface area contributed by atoms with Gasteiger partial charge in [0.1, 0.15) is 0 Å². The zero-order valence-corrected chi connectivity index (χ0v) is 13.9. The summed E-state index contributed by atoms with van der Waals surface area (Å²) >= 11 is 7.53. The first-order valence-corrected chi connectivity index (χ1v) is 8.62. The summed E-state index contributed by atoms with van der Waals surface area (Å²) in [5, 5.41) is 3.31. The van der Waals surface area contributed by atoms with Crippen molar-refractivity contribution < 1.29 is 0 Å². The smallest absolute Gasteiger partial charge is 0.0941 e. The van der Waals surface area contributed by atoms with Crippen molar-refractivity contribution in [3.8, 4) is 0 Å². The van der Waals surface area contributed by atoms with Gasteiger partial charge in [-0.1, -0.05) is 20.8 Å². The second-order valence-electron chi connectivity index (χ2n) is 6.60. The largest absolute Gasteiger partial charge is 0.303 e. The molecule has 0 saturated carbocycles. The van der Waals surface area contributed by atoms with Gasteiger partial charge in [0.05, 0.1) is 16.6 Å². The summed E-state index contributed by atoms with van der Waals surface area (Å²) in [5.74, 6) is 1.42. The van der Waals surface area contributed by atoms with Crippen LogP contribution in [0.15, 0.2) is 5.38 Å². The van der Waals surface area contributed by atoms with E-state index in [1.165, 1.54) is 30.9 Å². The molecule has 0 spiro atoms. The van der Waals surface area contributed by atoms with Crippen molar-refractivity contribution in [1.29, 1.82) is 0 Å². The number of likely N-dealkylation sites (tertiary alicyclic amines) is 1. The third kappa shape index (κ3) is 4.44. The number of hydrogen-bond donors (Lipinski definition) is 0. The van der Waals surface area contributed by atoms with E-state index < -0.39 is 0 Å². The van der Waals surface area contributed by atoms with Crippen LogP contribution in [0.3, 0.4) is 0 Å². The van der Waals surface area contributed by atoms with E-state index in [2.05, 4.69) is 36.0 Å². The molecule has 0 N–H and O–H groups in total. The highest BCUT2D eigenvalue weighted by Crippen LogP contribution is 2.34. The average molecular weight is 301 g/mol. The molecular formula is C15H25ClN2S. The van der Waals surface area contributed by atoms with Gasteiger partial charge in [-0.3, -0.25) is 0 Å². The minimum absolute atomic E-state index is 0.469. The number of alkyl halides is 1. The lowest BCUT2D eigenvalue weighted by atomic mass is 9.75. The molecule has 0 amide bonds. The van der Waals surface area contributed by atoms with Crippen LogP contribution in [0.5, 0.6) is 0 Å². The van der Waals surface area contributed by atoms with Crippen LogP contribution in [-0.4, -0.2) is 29.5 Å². The average Bonchev–Trinajstić information content (AvgIpc) is 2.84. The van der Waals surface area contributed by atoms with Crippen molar-refractivity contribution in [3.05, 3.63) is 16.1 Å². The molecule has 0 atom stereocenters. The summed E-state index contributed by atoms with van der Waals surface area (Å²) in [5.41, 5.74) is 1.49. The zero-order chi connectivity index (χ0) is 13.9. The predicted molar refractivity (Wildman–Crippen MR) is 84.0 cm³/mol. The van der Waals surface area contributed by atoms with E-state index in [4.69, 9.17) is 11.6 Å². The van der Waals surface area contributed by atoms with Gasteiger partial charge >= 0.3 is 0 Å². The molecule has 2 rings (SSSR count). The number of rotatable bonds is 4. The van der Waals surface area contributed by atoms with Crippen molar-refractivity contribution >= 4 is 22.9 Å². The van der Waals surface area contributed by atoms with E-state index in [-0.39, 0.29) is 0 Å². The van der Waals surface area contributed by atoms with Gasteiger partial charge in [0.25, 0.3) is 0 Å². The summed E-state index contributed by atoms with van der Waals surface area (Å²) in [6.45, 7) is 10.8. The van der Waals surface area contributed by atoms with Crippen LogP contribution < -0.4 is 0 Å². The summed E-state index contributed by atoms with van der Waals surface area (Å²) in [6, 6.07) is 0. The molecule has 4 heteroatoms. The number of hydrogen-bond acceptors (Lipinski definition) is 3. The van der Waals surface area contributed by atoms with Crippen molar-refractivity contribution in [2.45, 2.75) is 45.9 Å². The topological polar surface area (TPSA) is 16.1 Å². The Morgan fingerprint density at radius 3 is 2.58 bits per heavy atom. The molecule has 1 aliphatic rings. The number of thiazole rings is 1. The maximum Gasteiger partial charge on any atom is 0.0941 e. The Morgan fingerprint density at radius 2 is 2.05 bits per heavy atom. The fourth-order valence-corrected chi connectivity index (χ4v) is 3.82. The molecule has 1 aromatic heterocycles. The lowest BCUT2D eigenvalue weighted by Gasteiger charge is -2.38. The molecule has 0 aromatic carbocycles. The number of aromatic nitrogens is 1. The Hall–Kier alpha value is -0.120. The number of piperidine rings is 1. The van der Waals surface area contributed by atoms with Gasteiger partial charge in [-0.2, -0.15) is 0 Å². The monoisotopic (exact) mass is 300 g/mol. The quantitative estimate of drug-likeness (QED) is 0.775. The van der Waals surface area contributed by atoms with Crippen molar-refractivity contribution in [3.63, 3.8) is 0 Å². The van der Waals surface area contributed by atoms with E-state index in [1.807, 2.05) is 0 Å². The Kier molecular flexibility index (Phi) is 5.27. The van der Waals surface area contributed by atoms with E-state index in [1.54, 1.807) is 11.3 Å². The fraction of sp³-hybridized carbons (Fsp3) is 0.800. The van der Waals surface area contributed by atoms with Crippen LogP contribution in [-0.2, 0) is 12.3 Å². The highest BCUT2D eigenvalue weighted by Gasteiger charge is 2.28. The van der Waals surface area contributed by atoms with Gasteiger partial charge in [0.2, 0.25) is 0 Å². The van der Waals surface area contributed by atoms with E-state index in [0.29, 0.717) is 11.3 Å². The highest BCUT2D eigenvalue weighted by molar-refractivity contribution is 7.09. The Balaban J connectivity index is 1.74. The van der Waals surface area contributed by atoms with E-state index in [9.17, 15) is 0 Å². The van der Waals surface area contributed by atoms with Crippen LogP contribution in [0, 0.1) is 11.3 Å². The maximum atomic E-state index is 5.78. The molecule has 108 valence electrons. The lowest BCUT2D eigenvalue weighted by molar-refractivity contribution is 0.113. The highest BCUT2D eigenvalue weighted by atomic mass is 35.5. The maximum absolute atomic E-state index is 5.78. The minimum atomic E-state index is 0.469. The molecule has 0 aliphatic carbocycles. The van der Waals surface area contributed by atoms with Gasteiger partial charge in [0.15, 0.2) is 0 Å². The molecule has 1 aliphatic heterocycles. The Bertz CT molecular complexity index is 389. The fourth-order valence-electron chi connectivity index (χ4n) is 2.80. The molecular weight excluding hydrogens is 276 g/mol. The second kappa shape index (κ2) is 6.55. The Labute approximate surface area is 126 Å². The summed E-state index contributed by atoms with van der Waals surface area (Å²) in [6.07, 6.45) is 3.75. The van der Waals surface area contributed by atoms with Crippen molar-refractivity contribution in [2.24, 2.45) is 11.3 Å². The van der Waals surface area contributed by atoms with Crippen molar-refractivity contribution in [1.82, 2.24) is 9.88 Å². The first kappa shape index (κ1) is 15.3. The van der Waals surface area contributed by atoms with E-state index in [0.717, 1.165) is 24.6 Å². The molecule has 0 radical (unpaired) electrons. The molecule has 19 heavy (non-hydrogen) atoms. The van der Waals surface area contributed by atoms with Gasteiger partial charge < -0.3 is 4.90 Å². The molecule has 0 bridgehead atoms. The summed E-state index contributed by atoms with van der Waals surface area (Å²) in [4.78, 5) is 7.11. The SMILES string of the molecule is CC(C)(C)C1CCN(CCc2nc(CCl)cs2)CC1. The number of halogens is 1. The molecule has 1 fully saturated rings. The van der Waals surface area contributed by atoms with E-state index >= 15 is 0 Å².